The van der Waals surface area contributed by atoms with Crippen LogP contribution in [0.3, 0.4) is 0 Å². The number of fused-ring (bicyclic) bond motifs is 1. The second kappa shape index (κ2) is 4.98. The van der Waals surface area contributed by atoms with Crippen molar-refractivity contribution in [3.63, 3.8) is 0 Å². The molecule has 0 spiro atoms. The molecular formula is C16H16N2O2. The summed E-state index contributed by atoms with van der Waals surface area (Å²) in [5.41, 5.74) is 8.45. The van der Waals surface area contributed by atoms with Gasteiger partial charge in [0.2, 0.25) is 0 Å². The van der Waals surface area contributed by atoms with Crippen LogP contribution in [0.4, 0.5) is 4.79 Å². The molecule has 2 amide bonds. The molecule has 0 aromatic heterocycles. The maximum absolute atomic E-state index is 11.4. The van der Waals surface area contributed by atoms with E-state index in [2.05, 4.69) is 0 Å². The molecule has 0 heterocycles. The second-order valence-electron chi connectivity index (χ2n) is 5.05. The molecule has 0 saturated carbocycles. The Hall–Kier alpha value is -2.33. The minimum atomic E-state index is -0.826. The van der Waals surface area contributed by atoms with Gasteiger partial charge in [0.05, 0.1) is 6.04 Å². The van der Waals surface area contributed by atoms with Crippen LogP contribution in [0.25, 0.3) is 0 Å². The summed E-state index contributed by atoms with van der Waals surface area (Å²) >= 11 is 0. The molecule has 0 aliphatic heterocycles. The lowest BCUT2D eigenvalue weighted by Crippen LogP contribution is -2.37. The normalized spacial score (nSPS) is 20.4. The number of carbonyl (C=O) groups excluding carboxylic acids is 1. The Bertz CT molecular complexity index is 627. The molecule has 0 bridgehead atoms. The molecule has 4 heteroatoms. The van der Waals surface area contributed by atoms with Crippen molar-refractivity contribution in [3.05, 3.63) is 71.3 Å². The fraction of sp³-hybridized carbons (Fsp3) is 0.188. The predicted octanol–water partition coefficient (Wildman–Crippen LogP) is 2.84. The van der Waals surface area contributed by atoms with Crippen molar-refractivity contribution in [3.8, 4) is 0 Å². The molecule has 0 fully saturated rings. The molecule has 1 aliphatic rings. The smallest absolute Gasteiger partial charge is 0.339 e. The van der Waals surface area contributed by atoms with Gasteiger partial charge < -0.3 is 5.73 Å². The summed E-state index contributed by atoms with van der Waals surface area (Å²) in [6.45, 7) is 0. The first-order valence-electron chi connectivity index (χ1n) is 6.59. The van der Waals surface area contributed by atoms with Crippen molar-refractivity contribution in [2.24, 2.45) is 5.73 Å². The molecule has 102 valence electrons. The average Bonchev–Trinajstić information content (AvgIpc) is 2.86. The zero-order chi connectivity index (χ0) is 14.1. The summed E-state index contributed by atoms with van der Waals surface area (Å²) < 4.78 is 0. The molecule has 4 nitrogen and oxygen atoms in total. The van der Waals surface area contributed by atoms with E-state index < -0.39 is 12.1 Å². The van der Waals surface area contributed by atoms with Crippen molar-refractivity contribution < 1.29 is 10.0 Å². The third-order valence-electron chi connectivity index (χ3n) is 3.91. The molecular weight excluding hydrogens is 252 g/mol. The lowest BCUT2D eigenvalue weighted by molar-refractivity contribution is -0.0810. The summed E-state index contributed by atoms with van der Waals surface area (Å²) in [4.78, 5) is 11.4. The molecule has 0 radical (unpaired) electrons. The lowest BCUT2D eigenvalue weighted by atomic mass is 9.92. The van der Waals surface area contributed by atoms with Crippen molar-refractivity contribution in [2.75, 3.05) is 0 Å². The van der Waals surface area contributed by atoms with Crippen LogP contribution in [0.15, 0.2) is 54.6 Å². The van der Waals surface area contributed by atoms with Crippen molar-refractivity contribution in [2.45, 2.75) is 18.4 Å². The monoisotopic (exact) mass is 268 g/mol. The van der Waals surface area contributed by atoms with Crippen LogP contribution in [0.5, 0.6) is 0 Å². The Balaban J connectivity index is 2.05. The van der Waals surface area contributed by atoms with Gasteiger partial charge in [0.1, 0.15) is 0 Å². The number of hydrogen-bond donors (Lipinski definition) is 2. The number of primary amides is 1. The zero-order valence-electron chi connectivity index (χ0n) is 10.9. The summed E-state index contributed by atoms with van der Waals surface area (Å²) in [7, 11) is 0. The second-order valence-corrected chi connectivity index (χ2v) is 5.05. The van der Waals surface area contributed by atoms with Gasteiger partial charge in [-0.3, -0.25) is 5.21 Å². The van der Waals surface area contributed by atoms with E-state index in [0.717, 1.165) is 23.1 Å². The van der Waals surface area contributed by atoms with E-state index in [0.29, 0.717) is 5.06 Å². The first-order chi connectivity index (χ1) is 9.68. The van der Waals surface area contributed by atoms with Gasteiger partial charge in [0.15, 0.2) is 0 Å². The summed E-state index contributed by atoms with van der Waals surface area (Å²) in [6.07, 6.45) is 0.787. The molecule has 0 saturated heterocycles. The number of benzene rings is 2. The van der Waals surface area contributed by atoms with E-state index in [9.17, 15) is 10.0 Å². The van der Waals surface area contributed by atoms with Crippen molar-refractivity contribution in [1.82, 2.24) is 5.06 Å². The minimum absolute atomic E-state index is 0.0195. The average molecular weight is 268 g/mol. The summed E-state index contributed by atoms with van der Waals surface area (Å²) in [5.74, 6) is 0.0195. The van der Waals surface area contributed by atoms with Gasteiger partial charge >= 0.3 is 6.03 Å². The van der Waals surface area contributed by atoms with E-state index in [1.165, 1.54) is 0 Å². The van der Waals surface area contributed by atoms with E-state index in [1.54, 1.807) is 0 Å². The van der Waals surface area contributed by atoms with E-state index in [1.807, 2.05) is 54.6 Å². The Morgan fingerprint density at radius 3 is 2.45 bits per heavy atom. The van der Waals surface area contributed by atoms with Crippen LogP contribution in [-0.2, 0) is 6.42 Å². The zero-order valence-corrected chi connectivity index (χ0v) is 10.9. The number of rotatable bonds is 2. The van der Waals surface area contributed by atoms with Crippen LogP contribution in [0, 0.1) is 0 Å². The lowest BCUT2D eigenvalue weighted by Gasteiger charge is -2.27. The molecule has 2 aromatic carbocycles. The van der Waals surface area contributed by atoms with Crippen molar-refractivity contribution >= 4 is 6.03 Å². The molecule has 3 rings (SSSR count). The van der Waals surface area contributed by atoms with E-state index >= 15 is 0 Å². The number of amides is 2. The fourth-order valence-electron chi connectivity index (χ4n) is 3.01. The van der Waals surface area contributed by atoms with Crippen molar-refractivity contribution in [1.29, 1.82) is 0 Å². The first-order valence-corrected chi connectivity index (χ1v) is 6.59. The maximum atomic E-state index is 11.4. The number of nitrogens with zero attached hydrogens (tertiary/aromatic N) is 1. The topological polar surface area (TPSA) is 66.6 Å². The Labute approximate surface area is 117 Å². The van der Waals surface area contributed by atoms with Crippen LogP contribution in [-0.4, -0.2) is 16.3 Å². The van der Waals surface area contributed by atoms with Gasteiger partial charge in [-0.2, -0.15) is 5.06 Å². The highest BCUT2D eigenvalue weighted by Crippen LogP contribution is 2.45. The Kier molecular flexibility index (Phi) is 3.16. The van der Waals surface area contributed by atoms with Gasteiger partial charge in [-0.1, -0.05) is 54.6 Å². The molecule has 2 atom stereocenters. The van der Waals surface area contributed by atoms with E-state index in [4.69, 9.17) is 5.73 Å². The summed E-state index contributed by atoms with van der Waals surface area (Å²) in [6, 6.07) is 16.5. The third kappa shape index (κ3) is 2.04. The van der Waals surface area contributed by atoms with Gasteiger partial charge in [-0.25, -0.2) is 4.79 Å². The number of carbonyl (C=O) groups is 1. The quantitative estimate of drug-likeness (QED) is 0.649. The summed E-state index contributed by atoms with van der Waals surface area (Å²) in [5, 5.41) is 10.7. The molecule has 2 aromatic rings. The van der Waals surface area contributed by atoms with Gasteiger partial charge in [-0.15, -0.1) is 0 Å². The van der Waals surface area contributed by atoms with Gasteiger partial charge in [0, 0.05) is 5.92 Å². The maximum Gasteiger partial charge on any atom is 0.339 e. The molecule has 3 N–H and O–H groups in total. The van der Waals surface area contributed by atoms with Crippen LogP contribution in [0.2, 0.25) is 0 Å². The number of urea groups is 1. The SMILES string of the molecule is NC(=O)N(O)C1c2ccccc2CC1c1ccccc1. The molecule has 20 heavy (non-hydrogen) atoms. The first kappa shape index (κ1) is 12.7. The largest absolute Gasteiger partial charge is 0.350 e. The Morgan fingerprint density at radius 1 is 1.10 bits per heavy atom. The third-order valence-corrected chi connectivity index (χ3v) is 3.91. The highest BCUT2D eigenvalue weighted by atomic mass is 16.5. The fourth-order valence-corrected chi connectivity index (χ4v) is 3.01. The predicted molar refractivity (Wildman–Crippen MR) is 75.3 cm³/mol. The van der Waals surface area contributed by atoms with E-state index in [-0.39, 0.29) is 5.92 Å². The standard InChI is InChI=1S/C16H16N2O2/c17-16(19)18(20)15-13-9-5-4-8-12(13)10-14(15)11-6-2-1-3-7-11/h1-9,14-15,20H,10H2,(H2,17,19). The Morgan fingerprint density at radius 2 is 1.75 bits per heavy atom. The number of hydrogen-bond acceptors (Lipinski definition) is 2. The molecule has 1 aliphatic carbocycles. The minimum Gasteiger partial charge on any atom is -0.350 e. The van der Waals surface area contributed by atoms with Gasteiger partial charge in [-0.05, 0) is 23.1 Å². The molecule has 2 unspecified atom stereocenters. The number of nitrogens with two attached hydrogens (primary N) is 1. The highest BCUT2D eigenvalue weighted by Gasteiger charge is 2.38. The highest BCUT2D eigenvalue weighted by molar-refractivity contribution is 5.71. The van der Waals surface area contributed by atoms with Gasteiger partial charge in [0.25, 0.3) is 0 Å². The van der Waals surface area contributed by atoms with Crippen LogP contribution in [0.1, 0.15) is 28.7 Å². The van der Waals surface area contributed by atoms with Crippen LogP contribution < -0.4 is 5.73 Å². The number of hydroxylamine groups is 2. The van der Waals surface area contributed by atoms with Crippen LogP contribution >= 0.6 is 0 Å².